The van der Waals surface area contributed by atoms with Gasteiger partial charge in [-0.15, -0.1) is 0 Å². The number of ether oxygens (including phenoxy) is 1. The zero-order chi connectivity index (χ0) is 21.6. The van der Waals surface area contributed by atoms with Gasteiger partial charge in [0.2, 0.25) is 5.91 Å². The molecule has 2 aromatic carbocycles. The summed E-state index contributed by atoms with van der Waals surface area (Å²) >= 11 is 6.04. The van der Waals surface area contributed by atoms with E-state index >= 15 is 0 Å². The van der Waals surface area contributed by atoms with E-state index in [9.17, 15) is 19.2 Å². The number of methoxy groups -OCH3 is 1. The van der Waals surface area contributed by atoms with Gasteiger partial charge in [-0.25, -0.2) is 4.79 Å². The second-order valence-corrected chi connectivity index (χ2v) is 6.50. The van der Waals surface area contributed by atoms with Crippen molar-refractivity contribution in [3.63, 3.8) is 0 Å². The van der Waals surface area contributed by atoms with Gasteiger partial charge in [0.05, 0.1) is 23.4 Å². The molecule has 2 aromatic rings. The quantitative estimate of drug-likeness (QED) is 0.424. The molecule has 2 N–H and O–H groups in total. The molecule has 0 aliphatic carbocycles. The van der Waals surface area contributed by atoms with Crippen molar-refractivity contribution in [1.29, 1.82) is 0 Å². The molecule has 0 radical (unpaired) electrons. The van der Waals surface area contributed by atoms with Crippen LogP contribution in [-0.4, -0.2) is 30.7 Å². The van der Waals surface area contributed by atoms with Crippen LogP contribution in [0.1, 0.15) is 34.6 Å². The molecule has 29 heavy (non-hydrogen) atoms. The molecular formula is C21H19ClN2O5. The van der Waals surface area contributed by atoms with Crippen LogP contribution in [0, 0.1) is 0 Å². The maximum atomic E-state index is 12.3. The lowest BCUT2D eigenvalue weighted by atomic mass is 10.1. The van der Waals surface area contributed by atoms with Crippen molar-refractivity contribution in [2.75, 3.05) is 17.7 Å². The standard InChI is InChI=1S/C21H19ClN2O5/c1-12(20(27)23-16-7-4-14(5-8-16)13(2)25)10-19(26)24-18-11-15(21(28)29-3)6-9-17(18)22/h4-11H,1-3H3,(H,23,27)(H,24,26)/b12-10-. The summed E-state index contributed by atoms with van der Waals surface area (Å²) in [4.78, 5) is 47.4. The second-order valence-electron chi connectivity index (χ2n) is 6.09. The Kier molecular flexibility index (Phi) is 7.27. The number of hydrogen-bond acceptors (Lipinski definition) is 5. The maximum Gasteiger partial charge on any atom is 0.337 e. The predicted octanol–water partition coefficient (Wildman–Crippen LogP) is 3.85. The molecule has 0 unspecified atom stereocenters. The highest BCUT2D eigenvalue weighted by Gasteiger charge is 2.12. The first-order chi connectivity index (χ1) is 13.7. The number of ketones is 1. The van der Waals surface area contributed by atoms with Gasteiger partial charge in [-0.05, 0) is 56.3 Å². The van der Waals surface area contributed by atoms with Crippen LogP contribution in [0.5, 0.6) is 0 Å². The predicted molar refractivity (Wildman–Crippen MR) is 110 cm³/mol. The maximum absolute atomic E-state index is 12.3. The van der Waals surface area contributed by atoms with E-state index in [1.165, 1.54) is 39.2 Å². The average molecular weight is 415 g/mol. The molecule has 0 atom stereocenters. The van der Waals surface area contributed by atoms with Crippen molar-refractivity contribution in [3.8, 4) is 0 Å². The number of amides is 2. The minimum Gasteiger partial charge on any atom is -0.465 e. The molecule has 0 aliphatic rings. The Bertz CT molecular complexity index is 997. The van der Waals surface area contributed by atoms with E-state index in [2.05, 4.69) is 15.4 Å². The molecule has 0 aromatic heterocycles. The van der Waals surface area contributed by atoms with E-state index in [0.717, 1.165) is 6.08 Å². The van der Waals surface area contributed by atoms with Crippen LogP contribution in [0.4, 0.5) is 11.4 Å². The van der Waals surface area contributed by atoms with Crippen LogP contribution < -0.4 is 10.6 Å². The second kappa shape index (κ2) is 9.66. The Morgan fingerprint density at radius 2 is 1.55 bits per heavy atom. The molecule has 150 valence electrons. The first-order valence-corrected chi connectivity index (χ1v) is 8.88. The highest BCUT2D eigenvalue weighted by atomic mass is 35.5. The number of benzene rings is 2. The molecule has 0 saturated heterocycles. The number of hydrogen-bond donors (Lipinski definition) is 2. The molecule has 0 bridgehead atoms. The van der Waals surface area contributed by atoms with Gasteiger partial charge in [-0.1, -0.05) is 11.6 Å². The van der Waals surface area contributed by atoms with Crippen molar-refractivity contribution in [2.24, 2.45) is 0 Å². The van der Waals surface area contributed by atoms with Gasteiger partial charge in [0.1, 0.15) is 0 Å². The van der Waals surface area contributed by atoms with Crippen LogP contribution in [0.15, 0.2) is 54.1 Å². The molecule has 0 fully saturated rings. The third kappa shape index (κ3) is 6.02. The Labute approximate surface area is 172 Å². The van der Waals surface area contributed by atoms with Crippen molar-refractivity contribution in [2.45, 2.75) is 13.8 Å². The van der Waals surface area contributed by atoms with Gasteiger partial charge >= 0.3 is 5.97 Å². The normalized spacial score (nSPS) is 10.8. The van der Waals surface area contributed by atoms with Gasteiger partial charge in [-0.3, -0.25) is 14.4 Å². The number of halogens is 1. The summed E-state index contributed by atoms with van der Waals surface area (Å²) in [6.07, 6.45) is 1.11. The monoisotopic (exact) mass is 414 g/mol. The Hall–Kier alpha value is -3.45. The Morgan fingerprint density at radius 1 is 0.931 bits per heavy atom. The van der Waals surface area contributed by atoms with Crippen LogP contribution in [0.2, 0.25) is 5.02 Å². The molecule has 0 saturated carbocycles. The molecular weight excluding hydrogens is 396 g/mol. The number of nitrogens with one attached hydrogen (secondary N) is 2. The third-order valence-electron chi connectivity index (χ3n) is 3.90. The fourth-order valence-corrected chi connectivity index (χ4v) is 2.48. The summed E-state index contributed by atoms with van der Waals surface area (Å²) in [6, 6.07) is 10.7. The van der Waals surface area contributed by atoms with E-state index in [1.807, 2.05) is 0 Å². The zero-order valence-electron chi connectivity index (χ0n) is 16.0. The van der Waals surface area contributed by atoms with Gasteiger partial charge < -0.3 is 15.4 Å². The first-order valence-electron chi connectivity index (χ1n) is 8.50. The summed E-state index contributed by atoms with van der Waals surface area (Å²) in [5.41, 5.74) is 1.60. The zero-order valence-corrected chi connectivity index (χ0v) is 16.8. The molecule has 0 spiro atoms. The Balaban J connectivity index is 2.07. The fraction of sp³-hybridized carbons (Fsp3) is 0.143. The van der Waals surface area contributed by atoms with Crippen LogP contribution in [0.25, 0.3) is 0 Å². The summed E-state index contributed by atoms with van der Waals surface area (Å²) in [6.45, 7) is 2.93. The van der Waals surface area contributed by atoms with Crippen molar-refractivity contribution < 1.29 is 23.9 Å². The average Bonchev–Trinajstić information content (AvgIpc) is 2.69. The van der Waals surface area contributed by atoms with E-state index in [0.29, 0.717) is 11.3 Å². The highest BCUT2D eigenvalue weighted by Crippen LogP contribution is 2.23. The number of esters is 1. The van der Waals surface area contributed by atoms with Crippen molar-refractivity contribution >= 4 is 46.5 Å². The van der Waals surface area contributed by atoms with E-state index in [4.69, 9.17) is 11.6 Å². The third-order valence-corrected chi connectivity index (χ3v) is 4.23. The molecule has 0 aliphatic heterocycles. The number of carbonyl (C=O) groups is 4. The lowest BCUT2D eigenvalue weighted by Crippen LogP contribution is -2.16. The molecule has 0 heterocycles. The Morgan fingerprint density at radius 3 is 2.14 bits per heavy atom. The van der Waals surface area contributed by atoms with Gasteiger partial charge in [-0.2, -0.15) is 0 Å². The lowest BCUT2D eigenvalue weighted by molar-refractivity contribution is -0.114. The summed E-state index contributed by atoms with van der Waals surface area (Å²) in [5.74, 6) is -1.72. The van der Waals surface area contributed by atoms with E-state index in [1.54, 1.807) is 24.3 Å². The minimum absolute atomic E-state index is 0.0782. The first kappa shape index (κ1) is 21.8. The van der Waals surface area contributed by atoms with Crippen LogP contribution in [-0.2, 0) is 14.3 Å². The van der Waals surface area contributed by atoms with Crippen LogP contribution >= 0.6 is 11.6 Å². The largest absolute Gasteiger partial charge is 0.465 e. The molecule has 2 rings (SSSR count). The molecule has 2 amide bonds. The summed E-state index contributed by atoms with van der Waals surface area (Å²) in [5, 5.41) is 5.39. The molecule has 7 nitrogen and oxygen atoms in total. The van der Waals surface area contributed by atoms with Crippen LogP contribution in [0.3, 0.4) is 0 Å². The van der Waals surface area contributed by atoms with Gasteiger partial charge in [0, 0.05) is 22.9 Å². The lowest BCUT2D eigenvalue weighted by Gasteiger charge is -2.09. The fourth-order valence-electron chi connectivity index (χ4n) is 2.31. The number of rotatable bonds is 6. The van der Waals surface area contributed by atoms with E-state index in [-0.39, 0.29) is 27.6 Å². The van der Waals surface area contributed by atoms with E-state index < -0.39 is 17.8 Å². The van der Waals surface area contributed by atoms with Crippen molar-refractivity contribution in [1.82, 2.24) is 0 Å². The number of carbonyl (C=O) groups excluding carboxylic acids is 4. The van der Waals surface area contributed by atoms with Gasteiger partial charge in [0.25, 0.3) is 5.91 Å². The number of Topliss-reactive ketones (excluding diaryl/α,β-unsaturated/α-hetero) is 1. The minimum atomic E-state index is -0.589. The smallest absolute Gasteiger partial charge is 0.337 e. The number of anilines is 2. The highest BCUT2D eigenvalue weighted by molar-refractivity contribution is 6.34. The summed E-state index contributed by atoms with van der Waals surface area (Å²) < 4.78 is 4.63. The van der Waals surface area contributed by atoms with Gasteiger partial charge in [0.15, 0.2) is 5.78 Å². The molecule has 8 heteroatoms. The summed E-state index contributed by atoms with van der Waals surface area (Å²) in [7, 11) is 1.24. The topological polar surface area (TPSA) is 102 Å². The SMILES string of the molecule is COC(=O)c1ccc(Cl)c(NC(=O)/C=C(/C)C(=O)Nc2ccc(C(C)=O)cc2)c1. The van der Waals surface area contributed by atoms with Crippen molar-refractivity contribution in [3.05, 3.63) is 70.3 Å².